The highest BCUT2D eigenvalue weighted by Crippen LogP contribution is 2.26. The second-order valence-corrected chi connectivity index (χ2v) is 7.84. The Labute approximate surface area is 152 Å². The normalized spacial score (nSPS) is 11.5. The van der Waals surface area contributed by atoms with Gasteiger partial charge in [-0.3, -0.25) is 0 Å². The highest BCUT2D eigenvalue weighted by atomic mass is 32.2. The number of nitrogens with two attached hydrogens (primary N) is 1. The van der Waals surface area contributed by atoms with E-state index in [1.165, 1.54) is 11.1 Å². The van der Waals surface area contributed by atoms with Crippen LogP contribution in [0.25, 0.3) is 11.4 Å². The first kappa shape index (κ1) is 17.4. The predicted octanol–water partition coefficient (Wildman–Crippen LogP) is 4.71. The molecule has 3 aromatic rings. The molecule has 1 aromatic heterocycles. The smallest absolute Gasteiger partial charge is 0.224 e. The Hall–Kier alpha value is -2.40. The van der Waals surface area contributed by atoms with Gasteiger partial charge in [-0.05, 0) is 16.5 Å². The van der Waals surface area contributed by atoms with Crippen LogP contribution in [-0.2, 0) is 11.2 Å². The molecule has 5 heteroatoms. The van der Waals surface area contributed by atoms with E-state index in [-0.39, 0.29) is 11.4 Å². The number of thioether (sulfide) groups is 1. The van der Waals surface area contributed by atoms with Crippen molar-refractivity contribution < 1.29 is 0 Å². The average Bonchev–Trinajstić information content (AvgIpc) is 2.60. The summed E-state index contributed by atoms with van der Waals surface area (Å²) in [5.41, 5.74) is 9.46. The molecule has 0 atom stereocenters. The first-order valence-electron chi connectivity index (χ1n) is 8.21. The van der Waals surface area contributed by atoms with E-state index in [2.05, 4.69) is 60.0 Å². The lowest BCUT2D eigenvalue weighted by atomic mass is 9.87. The summed E-state index contributed by atoms with van der Waals surface area (Å²) >= 11 is 1.56. The van der Waals surface area contributed by atoms with Gasteiger partial charge >= 0.3 is 0 Å². The highest BCUT2D eigenvalue weighted by molar-refractivity contribution is 7.98. The third-order valence-electron chi connectivity index (χ3n) is 3.85. The maximum absolute atomic E-state index is 5.89. The van der Waals surface area contributed by atoms with Crippen molar-refractivity contribution in [1.82, 2.24) is 15.0 Å². The van der Waals surface area contributed by atoms with Gasteiger partial charge in [0.2, 0.25) is 5.95 Å². The molecule has 0 aliphatic rings. The van der Waals surface area contributed by atoms with Crippen LogP contribution in [0.3, 0.4) is 0 Å². The number of anilines is 1. The summed E-state index contributed by atoms with van der Waals surface area (Å²) in [5, 5.41) is 0.645. The molecule has 0 fully saturated rings. The Morgan fingerprint density at radius 3 is 2.20 bits per heavy atom. The summed E-state index contributed by atoms with van der Waals surface area (Å²) in [5.74, 6) is 1.66. The Morgan fingerprint density at radius 2 is 1.56 bits per heavy atom. The van der Waals surface area contributed by atoms with Gasteiger partial charge in [0.1, 0.15) is 0 Å². The highest BCUT2D eigenvalue weighted by Gasteiger charge is 2.14. The largest absolute Gasteiger partial charge is 0.368 e. The van der Waals surface area contributed by atoms with Crippen LogP contribution < -0.4 is 5.73 Å². The predicted molar refractivity (Wildman–Crippen MR) is 104 cm³/mol. The molecule has 0 radical (unpaired) electrons. The number of benzene rings is 2. The lowest BCUT2D eigenvalue weighted by molar-refractivity contribution is 0.590. The van der Waals surface area contributed by atoms with Crippen LogP contribution in [0.1, 0.15) is 31.9 Å². The Kier molecular flexibility index (Phi) is 5.04. The molecular weight excluding hydrogens is 328 g/mol. The van der Waals surface area contributed by atoms with E-state index in [1.807, 2.05) is 30.3 Å². The van der Waals surface area contributed by atoms with Gasteiger partial charge in [0.05, 0.1) is 0 Å². The molecule has 2 N–H and O–H groups in total. The SMILES string of the molecule is CC(C)(C)c1ccc(-c2nc(N)nc(SCc3ccccc3)n2)cc1. The monoisotopic (exact) mass is 350 g/mol. The summed E-state index contributed by atoms with van der Waals surface area (Å²) in [6, 6.07) is 18.6. The third kappa shape index (κ3) is 4.57. The third-order valence-corrected chi connectivity index (χ3v) is 4.77. The quantitative estimate of drug-likeness (QED) is 0.690. The minimum absolute atomic E-state index is 0.118. The molecule has 0 saturated carbocycles. The number of hydrogen-bond donors (Lipinski definition) is 1. The zero-order valence-electron chi connectivity index (χ0n) is 14.7. The number of rotatable bonds is 4. The van der Waals surface area contributed by atoms with Crippen molar-refractivity contribution in [2.75, 3.05) is 5.73 Å². The van der Waals surface area contributed by atoms with Gasteiger partial charge in [0.25, 0.3) is 0 Å². The van der Waals surface area contributed by atoms with Crippen LogP contribution in [0, 0.1) is 0 Å². The zero-order valence-corrected chi connectivity index (χ0v) is 15.5. The van der Waals surface area contributed by atoms with Crippen molar-refractivity contribution in [3.05, 3.63) is 65.7 Å². The van der Waals surface area contributed by atoms with Crippen molar-refractivity contribution >= 4 is 17.7 Å². The molecule has 1 heterocycles. The molecule has 0 bridgehead atoms. The second-order valence-electron chi connectivity index (χ2n) is 6.90. The van der Waals surface area contributed by atoms with Crippen LogP contribution in [0.15, 0.2) is 59.8 Å². The molecule has 2 aromatic carbocycles. The van der Waals surface area contributed by atoms with E-state index in [4.69, 9.17) is 5.73 Å². The molecule has 0 aliphatic carbocycles. The second kappa shape index (κ2) is 7.23. The maximum atomic E-state index is 5.89. The molecule has 0 saturated heterocycles. The van der Waals surface area contributed by atoms with Crippen LogP contribution in [-0.4, -0.2) is 15.0 Å². The minimum atomic E-state index is 0.118. The summed E-state index contributed by atoms with van der Waals surface area (Å²) in [7, 11) is 0. The minimum Gasteiger partial charge on any atom is -0.368 e. The molecule has 4 nitrogen and oxygen atoms in total. The Morgan fingerprint density at radius 1 is 0.880 bits per heavy atom. The standard InChI is InChI=1S/C20H22N4S/c1-20(2,3)16-11-9-15(10-12-16)17-22-18(21)24-19(23-17)25-13-14-7-5-4-6-8-14/h4-12H,13H2,1-3H3,(H2,21,22,23,24). The topological polar surface area (TPSA) is 64.7 Å². The Bertz CT molecular complexity index is 840. The van der Waals surface area contributed by atoms with E-state index < -0.39 is 0 Å². The van der Waals surface area contributed by atoms with Gasteiger partial charge in [0.15, 0.2) is 11.0 Å². The molecule has 0 unspecified atom stereocenters. The fourth-order valence-electron chi connectivity index (χ4n) is 2.41. The zero-order chi connectivity index (χ0) is 17.9. The fraction of sp³-hybridized carbons (Fsp3) is 0.250. The van der Waals surface area contributed by atoms with Crippen LogP contribution in [0.4, 0.5) is 5.95 Å². The van der Waals surface area contributed by atoms with Crippen molar-refractivity contribution in [3.63, 3.8) is 0 Å². The van der Waals surface area contributed by atoms with Crippen molar-refractivity contribution in [2.24, 2.45) is 0 Å². The van der Waals surface area contributed by atoms with E-state index in [0.717, 1.165) is 11.3 Å². The lowest BCUT2D eigenvalue weighted by Crippen LogP contribution is -2.10. The van der Waals surface area contributed by atoms with Crippen molar-refractivity contribution in [1.29, 1.82) is 0 Å². The molecule has 25 heavy (non-hydrogen) atoms. The van der Waals surface area contributed by atoms with E-state index in [9.17, 15) is 0 Å². The number of nitrogens with zero attached hydrogens (tertiary/aromatic N) is 3. The van der Waals surface area contributed by atoms with Gasteiger partial charge in [0, 0.05) is 11.3 Å². The van der Waals surface area contributed by atoms with E-state index >= 15 is 0 Å². The van der Waals surface area contributed by atoms with Gasteiger partial charge < -0.3 is 5.73 Å². The lowest BCUT2D eigenvalue weighted by Gasteiger charge is -2.19. The fourth-order valence-corrected chi connectivity index (χ4v) is 3.20. The van der Waals surface area contributed by atoms with Gasteiger partial charge in [-0.25, -0.2) is 4.98 Å². The number of aromatic nitrogens is 3. The molecule has 128 valence electrons. The first-order valence-corrected chi connectivity index (χ1v) is 9.19. The molecular formula is C20H22N4S. The molecule has 0 spiro atoms. The summed E-state index contributed by atoms with van der Waals surface area (Å²) in [4.78, 5) is 13.1. The van der Waals surface area contributed by atoms with Crippen LogP contribution >= 0.6 is 11.8 Å². The van der Waals surface area contributed by atoms with Crippen molar-refractivity contribution in [3.8, 4) is 11.4 Å². The van der Waals surface area contributed by atoms with Crippen molar-refractivity contribution in [2.45, 2.75) is 37.1 Å². The van der Waals surface area contributed by atoms with E-state index in [1.54, 1.807) is 11.8 Å². The summed E-state index contributed by atoms with van der Waals surface area (Å²) in [6.07, 6.45) is 0. The molecule has 0 aliphatic heterocycles. The first-order chi connectivity index (χ1) is 11.9. The Balaban J connectivity index is 1.81. The van der Waals surface area contributed by atoms with Crippen LogP contribution in [0.5, 0.6) is 0 Å². The number of hydrogen-bond acceptors (Lipinski definition) is 5. The maximum Gasteiger partial charge on any atom is 0.224 e. The molecule has 0 amide bonds. The van der Waals surface area contributed by atoms with Gasteiger partial charge in [-0.15, -0.1) is 0 Å². The number of nitrogen functional groups attached to an aromatic ring is 1. The summed E-state index contributed by atoms with van der Waals surface area (Å²) in [6.45, 7) is 6.59. The van der Waals surface area contributed by atoms with E-state index in [0.29, 0.717) is 11.0 Å². The van der Waals surface area contributed by atoms with Gasteiger partial charge in [-0.2, -0.15) is 9.97 Å². The molecule has 3 rings (SSSR count). The van der Waals surface area contributed by atoms with Gasteiger partial charge in [-0.1, -0.05) is 87.1 Å². The summed E-state index contributed by atoms with van der Waals surface area (Å²) < 4.78 is 0. The van der Waals surface area contributed by atoms with Crippen LogP contribution in [0.2, 0.25) is 0 Å². The average molecular weight is 350 g/mol.